The Bertz CT molecular complexity index is 1210. The molecule has 0 unspecified atom stereocenters. The molecule has 4 rings (SSSR count). The monoisotopic (exact) mass is 622 g/mol. The van der Waals surface area contributed by atoms with Crippen LogP contribution >= 0.6 is 46.4 Å². The van der Waals surface area contributed by atoms with Crippen molar-refractivity contribution in [3.8, 4) is 0 Å². The topological polar surface area (TPSA) is 84.9 Å². The predicted molar refractivity (Wildman–Crippen MR) is 149 cm³/mol. The second-order valence-corrected chi connectivity index (χ2v) is 11.6. The molecule has 3 N–H and O–H groups in total. The van der Waals surface area contributed by atoms with Gasteiger partial charge in [-0.1, -0.05) is 46.4 Å². The van der Waals surface area contributed by atoms with Gasteiger partial charge in [0.2, 0.25) is 0 Å². The summed E-state index contributed by atoms with van der Waals surface area (Å²) in [5.41, 5.74) is -0.926. The molecule has 2 heterocycles. The molecule has 2 aliphatic rings. The zero-order chi connectivity index (χ0) is 28.5. The highest BCUT2D eigenvalue weighted by molar-refractivity contribution is 6.40. The highest BCUT2D eigenvalue weighted by Crippen LogP contribution is 2.34. The second-order valence-electron chi connectivity index (χ2n) is 9.93. The number of likely N-dealkylation sites (tertiary alicyclic amines) is 2. The molecule has 0 bridgehead atoms. The van der Waals surface area contributed by atoms with Gasteiger partial charge in [-0.05, 0) is 50.1 Å². The average molecular weight is 624 g/mol. The first-order valence-electron chi connectivity index (χ1n) is 12.4. The van der Waals surface area contributed by atoms with E-state index in [0.717, 1.165) is 25.9 Å². The number of amides is 2. The van der Waals surface area contributed by atoms with Gasteiger partial charge in [0.25, 0.3) is 18.2 Å². The maximum absolute atomic E-state index is 13.2. The summed E-state index contributed by atoms with van der Waals surface area (Å²) in [4.78, 5) is 29.3. The maximum Gasteiger partial charge on any atom is 0.258 e. The Morgan fingerprint density at radius 3 is 2.26 bits per heavy atom. The smallest absolute Gasteiger partial charge is 0.258 e. The van der Waals surface area contributed by atoms with Crippen LogP contribution < -0.4 is 10.6 Å². The van der Waals surface area contributed by atoms with Crippen molar-refractivity contribution in [2.24, 2.45) is 0 Å². The summed E-state index contributed by atoms with van der Waals surface area (Å²) in [6, 6.07) is 8.20. The first-order chi connectivity index (χ1) is 18.4. The number of hydrogen-bond acceptors (Lipinski definition) is 5. The standard InChI is InChI=1S/C26H28Cl4F2N4O3/c1-26(39,18-8-14(27)2-3-19(18)28)25(38)35-6-4-17(5-7-35)36-12-16(13-36)34-15-9-20(29)23(21(30)10-15)24(37)33-11-22(31)32/h2-3,8-10,16-17,22,34,39H,4-7,11-13H2,1H3,(H,33,37)/t26-/m0/s1. The third kappa shape index (κ3) is 6.89. The molecule has 0 spiro atoms. The molecule has 1 atom stereocenters. The first-order valence-corrected chi connectivity index (χ1v) is 13.9. The highest BCUT2D eigenvalue weighted by atomic mass is 35.5. The first kappa shape index (κ1) is 30.1. The largest absolute Gasteiger partial charge is 0.380 e. The molecule has 2 aliphatic heterocycles. The zero-order valence-electron chi connectivity index (χ0n) is 21.0. The zero-order valence-corrected chi connectivity index (χ0v) is 24.0. The minimum Gasteiger partial charge on any atom is -0.380 e. The normalized spacial score (nSPS) is 18.5. The van der Waals surface area contributed by atoms with Gasteiger partial charge in [-0.2, -0.15) is 0 Å². The van der Waals surface area contributed by atoms with Gasteiger partial charge in [0.15, 0.2) is 5.60 Å². The molecule has 0 radical (unpaired) electrons. The number of hydrogen-bond donors (Lipinski definition) is 3. The number of nitrogens with one attached hydrogen (secondary N) is 2. The van der Waals surface area contributed by atoms with Gasteiger partial charge in [-0.25, -0.2) is 8.78 Å². The maximum atomic E-state index is 13.2. The minimum absolute atomic E-state index is 0.0438. The van der Waals surface area contributed by atoms with E-state index in [1.165, 1.54) is 13.0 Å². The summed E-state index contributed by atoms with van der Waals surface area (Å²) in [6.07, 6.45) is -1.15. The Labute approximate surface area is 245 Å². The molecule has 0 aromatic heterocycles. The van der Waals surface area contributed by atoms with Crippen LogP contribution in [0.3, 0.4) is 0 Å². The van der Waals surface area contributed by atoms with E-state index in [2.05, 4.69) is 15.5 Å². The van der Waals surface area contributed by atoms with E-state index in [9.17, 15) is 23.5 Å². The molecule has 2 aromatic carbocycles. The van der Waals surface area contributed by atoms with E-state index in [-0.39, 0.29) is 32.2 Å². The summed E-state index contributed by atoms with van der Waals surface area (Å²) < 4.78 is 24.8. The third-order valence-corrected chi connectivity index (χ3v) is 8.26. The summed E-state index contributed by atoms with van der Waals surface area (Å²) in [7, 11) is 0. The number of halogens is 6. The molecular weight excluding hydrogens is 596 g/mol. The Morgan fingerprint density at radius 2 is 1.67 bits per heavy atom. The fourth-order valence-electron chi connectivity index (χ4n) is 5.00. The lowest BCUT2D eigenvalue weighted by Gasteiger charge is -2.48. The van der Waals surface area contributed by atoms with E-state index in [0.29, 0.717) is 29.8 Å². The summed E-state index contributed by atoms with van der Waals surface area (Å²) in [6.45, 7) is 3.19. The number of aliphatic hydroxyl groups is 1. The number of nitrogens with zero attached hydrogens (tertiary/aromatic N) is 2. The number of piperidine rings is 1. The van der Waals surface area contributed by atoms with Gasteiger partial charge in [-0.3, -0.25) is 14.5 Å². The van der Waals surface area contributed by atoms with Crippen LogP contribution in [0.5, 0.6) is 0 Å². The molecule has 39 heavy (non-hydrogen) atoms. The average Bonchev–Trinajstić information content (AvgIpc) is 2.85. The van der Waals surface area contributed by atoms with Crippen LogP contribution in [0.15, 0.2) is 30.3 Å². The highest BCUT2D eigenvalue weighted by Gasteiger charge is 2.41. The third-order valence-electron chi connectivity index (χ3n) is 7.10. The molecule has 2 amide bonds. The van der Waals surface area contributed by atoms with Crippen molar-refractivity contribution in [2.75, 3.05) is 38.0 Å². The quantitative estimate of drug-likeness (QED) is 0.372. The molecule has 2 saturated heterocycles. The van der Waals surface area contributed by atoms with Gasteiger partial charge in [-0.15, -0.1) is 0 Å². The summed E-state index contributed by atoms with van der Waals surface area (Å²) >= 11 is 24.7. The summed E-state index contributed by atoms with van der Waals surface area (Å²) in [5.74, 6) is -1.16. The van der Waals surface area contributed by atoms with Gasteiger partial charge in [0.05, 0.1) is 28.2 Å². The molecule has 2 aromatic rings. The van der Waals surface area contributed by atoms with Crippen molar-refractivity contribution >= 4 is 63.9 Å². The Hall–Kier alpha value is -1.88. The van der Waals surface area contributed by atoms with Gasteiger partial charge < -0.3 is 20.6 Å². The molecule has 13 heteroatoms. The SMILES string of the molecule is C[C@@](O)(C(=O)N1CCC(N2CC(Nc3cc(Cl)c(C(=O)NCC(F)F)c(Cl)c3)C2)CC1)c1cc(Cl)ccc1Cl. The van der Waals surface area contributed by atoms with Crippen LogP contribution in [0.4, 0.5) is 14.5 Å². The Kier molecular flexibility index (Phi) is 9.51. The van der Waals surface area contributed by atoms with Crippen LogP contribution in [0.1, 0.15) is 35.7 Å². The van der Waals surface area contributed by atoms with E-state index < -0.39 is 30.4 Å². The van der Waals surface area contributed by atoms with Gasteiger partial charge >= 0.3 is 0 Å². The second kappa shape index (κ2) is 12.3. The van der Waals surface area contributed by atoms with Crippen LogP contribution in [0.25, 0.3) is 0 Å². The Morgan fingerprint density at radius 1 is 1.05 bits per heavy atom. The molecule has 0 aliphatic carbocycles. The van der Waals surface area contributed by atoms with Gasteiger partial charge in [0, 0.05) is 53.5 Å². The fourth-order valence-corrected chi connectivity index (χ4v) is 6.13. The van der Waals surface area contributed by atoms with Crippen molar-refractivity contribution in [1.29, 1.82) is 0 Å². The van der Waals surface area contributed by atoms with Crippen LogP contribution in [-0.4, -0.2) is 78.0 Å². The minimum atomic E-state index is -2.68. The lowest BCUT2D eigenvalue weighted by molar-refractivity contribution is -0.152. The van der Waals surface area contributed by atoms with Crippen molar-refractivity contribution in [1.82, 2.24) is 15.1 Å². The van der Waals surface area contributed by atoms with E-state index >= 15 is 0 Å². The molecular formula is C26H28Cl4F2N4O3. The summed E-state index contributed by atoms with van der Waals surface area (Å²) in [5, 5.41) is 17.3. The van der Waals surface area contributed by atoms with Gasteiger partial charge in [0.1, 0.15) is 0 Å². The molecule has 0 saturated carbocycles. The number of carbonyl (C=O) groups is 2. The predicted octanol–water partition coefficient (Wildman–Crippen LogP) is 5.29. The van der Waals surface area contributed by atoms with Crippen LogP contribution in [0, 0.1) is 0 Å². The van der Waals surface area contributed by atoms with Crippen molar-refractivity contribution in [2.45, 2.75) is 43.9 Å². The molecule has 7 nitrogen and oxygen atoms in total. The number of benzene rings is 2. The van der Waals surface area contributed by atoms with E-state index in [1.54, 1.807) is 29.2 Å². The lowest BCUT2D eigenvalue weighted by Crippen LogP contribution is -2.61. The Balaban J connectivity index is 1.27. The van der Waals surface area contributed by atoms with Crippen LogP contribution in [-0.2, 0) is 10.4 Å². The van der Waals surface area contributed by atoms with Crippen molar-refractivity contribution < 1.29 is 23.5 Å². The number of anilines is 1. The molecule has 2 fully saturated rings. The van der Waals surface area contributed by atoms with Crippen molar-refractivity contribution in [3.05, 3.63) is 61.5 Å². The number of carbonyl (C=O) groups excluding carboxylic acids is 2. The van der Waals surface area contributed by atoms with E-state index in [1.807, 2.05) is 0 Å². The fraction of sp³-hybridized carbons (Fsp3) is 0.462. The lowest BCUT2D eigenvalue weighted by atomic mass is 9.92. The number of alkyl halides is 2. The molecule has 212 valence electrons. The van der Waals surface area contributed by atoms with E-state index in [4.69, 9.17) is 46.4 Å². The van der Waals surface area contributed by atoms with Crippen LogP contribution in [0.2, 0.25) is 20.1 Å². The van der Waals surface area contributed by atoms with Crippen molar-refractivity contribution in [3.63, 3.8) is 0 Å². The number of rotatable bonds is 8.